The normalized spacial score (nSPS) is 20.5. The molecule has 0 aromatic heterocycles. The summed E-state index contributed by atoms with van der Waals surface area (Å²) in [7, 11) is 0. The van der Waals surface area contributed by atoms with Crippen molar-refractivity contribution < 1.29 is 0 Å². The Morgan fingerprint density at radius 2 is 1.50 bits per heavy atom. The fourth-order valence-electron chi connectivity index (χ4n) is 1.66. The summed E-state index contributed by atoms with van der Waals surface area (Å²) in [6, 6.07) is 0. The lowest BCUT2D eigenvalue weighted by atomic mass is 9.91. The van der Waals surface area contributed by atoms with E-state index in [9.17, 15) is 0 Å². The molecule has 0 spiro atoms. The van der Waals surface area contributed by atoms with E-state index in [1.54, 1.807) is 0 Å². The molecule has 0 N–H and O–H groups in total. The zero-order chi connectivity index (χ0) is 8.39. The molecule has 0 heteroatoms. The van der Waals surface area contributed by atoms with Crippen molar-refractivity contribution in [3.63, 3.8) is 0 Å². The maximum Gasteiger partial charge on any atom is 0.0233 e. The van der Waals surface area contributed by atoms with E-state index in [0.29, 0.717) is 0 Å². The first kappa shape index (κ1) is 7.60. The van der Waals surface area contributed by atoms with E-state index in [1.807, 2.05) is 0 Å². The van der Waals surface area contributed by atoms with Gasteiger partial charge in [0.2, 0.25) is 0 Å². The van der Waals surface area contributed by atoms with Gasteiger partial charge in [-0.2, -0.15) is 0 Å². The SMILES string of the molecule is C[C](C1=CC=CC1)C1=CC=CC1. The molecule has 61 valence electrons. The van der Waals surface area contributed by atoms with Gasteiger partial charge in [0.25, 0.3) is 0 Å². The lowest BCUT2D eigenvalue weighted by Crippen LogP contribution is -1.97. The van der Waals surface area contributed by atoms with Crippen LogP contribution < -0.4 is 0 Å². The van der Waals surface area contributed by atoms with E-state index in [-0.39, 0.29) is 0 Å². The van der Waals surface area contributed by atoms with Crippen molar-refractivity contribution in [3.05, 3.63) is 53.5 Å². The van der Waals surface area contributed by atoms with Crippen LogP contribution in [0.15, 0.2) is 47.6 Å². The predicted octanol–water partition coefficient (Wildman–Crippen LogP) is 3.35. The zero-order valence-corrected chi connectivity index (χ0v) is 7.38. The molecule has 1 radical (unpaired) electrons. The van der Waals surface area contributed by atoms with Crippen molar-refractivity contribution in [1.29, 1.82) is 0 Å². The Morgan fingerprint density at radius 3 is 1.83 bits per heavy atom. The Labute approximate surface area is 74.0 Å². The van der Waals surface area contributed by atoms with Gasteiger partial charge in [-0.3, -0.25) is 0 Å². The highest BCUT2D eigenvalue weighted by Crippen LogP contribution is 2.31. The van der Waals surface area contributed by atoms with E-state index in [0.717, 1.165) is 12.8 Å². The molecule has 0 amide bonds. The minimum Gasteiger partial charge on any atom is -0.0804 e. The molecule has 12 heavy (non-hydrogen) atoms. The molecule has 0 aromatic rings. The van der Waals surface area contributed by atoms with Gasteiger partial charge >= 0.3 is 0 Å². The molecule has 0 aromatic carbocycles. The van der Waals surface area contributed by atoms with E-state index in [2.05, 4.69) is 43.4 Å². The molecule has 2 aliphatic carbocycles. The van der Waals surface area contributed by atoms with E-state index in [4.69, 9.17) is 0 Å². The van der Waals surface area contributed by atoms with Gasteiger partial charge in [-0.15, -0.1) is 0 Å². The van der Waals surface area contributed by atoms with Crippen LogP contribution in [0.5, 0.6) is 0 Å². The van der Waals surface area contributed by atoms with E-state index >= 15 is 0 Å². The third-order valence-electron chi connectivity index (χ3n) is 2.51. The molecule has 0 saturated heterocycles. The molecule has 0 aliphatic heterocycles. The first-order valence-corrected chi connectivity index (χ1v) is 4.43. The topological polar surface area (TPSA) is 0 Å². The molecule has 0 fully saturated rings. The van der Waals surface area contributed by atoms with Crippen LogP contribution in [0.1, 0.15) is 19.8 Å². The summed E-state index contributed by atoms with van der Waals surface area (Å²) >= 11 is 0. The van der Waals surface area contributed by atoms with E-state index in [1.165, 1.54) is 17.1 Å². The van der Waals surface area contributed by atoms with Gasteiger partial charge in [0.05, 0.1) is 0 Å². The Hall–Kier alpha value is -1.04. The summed E-state index contributed by atoms with van der Waals surface area (Å²) in [4.78, 5) is 0. The summed E-state index contributed by atoms with van der Waals surface area (Å²) in [5.74, 6) is 1.46. The highest BCUT2D eigenvalue weighted by atomic mass is 14.2. The van der Waals surface area contributed by atoms with Crippen LogP contribution >= 0.6 is 0 Å². The quantitative estimate of drug-likeness (QED) is 0.576. The summed E-state index contributed by atoms with van der Waals surface area (Å²) in [6.07, 6.45) is 15.4. The average Bonchev–Trinajstić information content (AvgIpc) is 2.77. The highest BCUT2D eigenvalue weighted by Gasteiger charge is 2.15. The molecular weight excluding hydrogens is 144 g/mol. The molecule has 2 rings (SSSR count). The van der Waals surface area contributed by atoms with Gasteiger partial charge in [-0.1, -0.05) is 54.5 Å². The van der Waals surface area contributed by atoms with Crippen LogP contribution in [0.25, 0.3) is 0 Å². The lowest BCUT2D eigenvalue weighted by Gasteiger charge is -2.12. The van der Waals surface area contributed by atoms with Gasteiger partial charge < -0.3 is 0 Å². The third-order valence-corrected chi connectivity index (χ3v) is 2.51. The van der Waals surface area contributed by atoms with Crippen LogP contribution in [0.2, 0.25) is 0 Å². The maximum atomic E-state index is 2.22. The molecule has 0 atom stereocenters. The second-order valence-electron chi connectivity index (χ2n) is 3.27. The molecule has 0 bridgehead atoms. The van der Waals surface area contributed by atoms with Crippen molar-refractivity contribution in [2.75, 3.05) is 0 Å². The van der Waals surface area contributed by atoms with Crippen LogP contribution in [0.3, 0.4) is 0 Å². The van der Waals surface area contributed by atoms with Gasteiger partial charge in [0, 0.05) is 5.92 Å². The first-order chi connectivity index (χ1) is 5.88. The summed E-state index contributed by atoms with van der Waals surface area (Å²) < 4.78 is 0. The number of allylic oxidation sites excluding steroid dienone is 8. The van der Waals surface area contributed by atoms with Gasteiger partial charge in [-0.05, 0) is 12.8 Å². The predicted molar refractivity (Wildman–Crippen MR) is 52.6 cm³/mol. The summed E-state index contributed by atoms with van der Waals surface area (Å²) in [6.45, 7) is 2.22. The fourth-order valence-corrected chi connectivity index (χ4v) is 1.66. The molecule has 0 unspecified atom stereocenters. The third kappa shape index (κ3) is 1.29. The Balaban J connectivity index is 2.05. The highest BCUT2D eigenvalue weighted by molar-refractivity contribution is 5.47. The monoisotopic (exact) mass is 157 g/mol. The molecule has 0 nitrogen and oxygen atoms in total. The number of rotatable bonds is 2. The molecular formula is C12H13. The smallest absolute Gasteiger partial charge is 0.0233 e. The maximum absolute atomic E-state index is 2.22. The van der Waals surface area contributed by atoms with Crippen molar-refractivity contribution in [1.82, 2.24) is 0 Å². The van der Waals surface area contributed by atoms with Crippen LogP contribution in [-0.2, 0) is 0 Å². The molecule has 0 heterocycles. The van der Waals surface area contributed by atoms with Crippen molar-refractivity contribution >= 4 is 0 Å². The van der Waals surface area contributed by atoms with Gasteiger partial charge in [0.1, 0.15) is 0 Å². The summed E-state index contributed by atoms with van der Waals surface area (Å²) in [5.41, 5.74) is 2.95. The Kier molecular flexibility index (Phi) is 1.99. The van der Waals surface area contributed by atoms with Crippen LogP contribution in [0.4, 0.5) is 0 Å². The minimum atomic E-state index is 1.11. The van der Waals surface area contributed by atoms with E-state index < -0.39 is 0 Å². The first-order valence-electron chi connectivity index (χ1n) is 4.43. The fraction of sp³-hybridized carbons (Fsp3) is 0.250. The molecule has 0 saturated carbocycles. The average molecular weight is 157 g/mol. The zero-order valence-electron chi connectivity index (χ0n) is 7.38. The van der Waals surface area contributed by atoms with Crippen molar-refractivity contribution in [2.45, 2.75) is 19.8 Å². The second-order valence-corrected chi connectivity index (χ2v) is 3.27. The molecule has 2 aliphatic rings. The van der Waals surface area contributed by atoms with Crippen molar-refractivity contribution in [2.24, 2.45) is 0 Å². The second kappa shape index (κ2) is 3.14. The summed E-state index contributed by atoms with van der Waals surface area (Å²) in [5, 5.41) is 0. The standard InChI is InChI=1S/C12H13/c1-10(11-6-2-3-7-11)12-8-4-5-9-12/h2-6,8H,7,9H2,1H3. The number of hydrogen-bond acceptors (Lipinski definition) is 0. The number of hydrogen-bond donors (Lipinski definition) is 0. The van der Waals surface area contributed by atoms with Gasteiger partial charge in [0.15, 0.2) is 0 Å². The largest absolute Gasteiger partial charge is 0.0804 e. The van der Waals surface area contributed by atoms with Crippen LogP contribution in [0, 0.1) is 5.92 Å². The van der Waals surface area contributed by atoms with Crippen LogP contribution in [-0.4, -0.2) is 0 Å². The van der Waals surface area contributed by atoms with Crippen molar-refractivity contribution in [3.8, 4) is 0 Å². The minimum absolute atomic E-state index is 1.11. The Bertz CT molecular complexity index is 257. The lowest BCUT2D eigenvalue weighted by molar-refractivity contribution is 1.04. The van der Waals surface area contributed by atoms with Gasteiger partial charge in [-0.25, -0.2) is 0 Å². The Morgan fingerprint density at radius 1 is 1.00 bits per heavy atom.